The summed E-state index contributed by atoms with van der Waals surface area (Å²) in [6, 6.07) is 9.03. The van der Waals surface area contributed by atoms with Crippen LogP contribution in [0.15, 0.2) is 36.4 Å². The van der Waals surface area contributed by atoms with E-state index in [0.29, 0.717) is 0 Å². The maximum Gasteiger partial charge on any atom is 0.409 e. The Hall–Kier alpha value is -2.08. The van der Waals surface area contributed by atoms with Crippen LogP contribution in [0.4, 0.5) is 13.2 Å². The zero-order valence-electron chi connectivity index (χ0n) is 16.9. The van der Waals surface area contributed by atoms with Crippen molar-refractivity contribution in [3.63, 3.8) is 0 Å². The van der Waals surface area contributed by atoms with Gasteiger partial charge in [-0.1, -0.05) is 69.4 Å². The summed E-state index contributed by atoms with van der Waals surface area (Å²) in [4.78, 5) is 11.4. The van der Waals surface area contributed by atoms with Crippen LogP contribution in [0, 0.1) is 0 Å². The highest BCUT2D eigenvalue weighted by atomic mass is 19.4. The van der Waals surface area contributed by atoms with Crippen LogP contribution in [0.5, 0.6) is 0 Å². The number of hydrogen-bond donors (Lipinski definition) is 1. The number of hydrazine groups is 1. The van der Waals surface area contributed by atoms with Crippen molar-refractivity contribution in [2.75, 3.05) is 6.54 Å². The SMILES string of the molecule is CCCCCCCCc1ccc2cc(C(N3CCC(=O)N3)C(F)(F)F)ccc2c1. The van der Waals surface area contributed by atoms with Crippen molar-refractivity contribution < 1.29 is 18.0 Å². The minimum Gasteiger partial charge on any atom is -0.288 e. The molecule has 1 N–H and O–H groups in total. The van der Waals surface area contributed by atoms with Crippen molar-refractivity contribution in [3.05, 3.63) is 47.5 Å². The summed E-state index contributed by atoms with van der Waals surface area (Å²) < 4.78 is 41.1. The third kappa shape index (κ3) is 5.72. The average molecular weight is 406 g/mol. The number of carbonyl (C=O) groups is 1. The van der Waals surface area contributed by atoms with Crippen LogP contribution in [-0.4, -0.2) is 23.6 Å². The van der Waals surface area contributed by atoms with E-state index in [1.165, 1.54) is 43.7 Å². The highest BCUT2D eigenvalue weighted by molar-refractivity contribution is 5.84. The highest BCUT2D eigenvalue weighted by Gasteiger charge is 2.46. The first-order valence-corrected chi connectivity index (χ1v) is 10.5. The molecule has 0 aliphatic carbocycles. The van der Waals surface area contributed by atoms with Gasteiger partial charge in [-0.3, -0.25) is 10.2 Å². The Kier molecular flexibility index (Phi) is 7.17. The molecule has 0 aromatic heterocycles. The molecule has 1 aliphatic heterocycles. The number of amides is 1. The molecule has 29 heavy (non-hydrogen) atoms. The molecule has 158 valence electrons. The molecule has 1 saturated heterocycles. The number of unbranched alkanes of at least 4 members (excludes halogenated alkanes) is 5. The van der Waals surface area contributed by atoms with Crippen LogP contribution < -0.4 is 5.43 Å². The molecule has 0 saturated carbocycles. The van der Waals surface area contributed by atoms with Gasteiger partial charge in [0.1, 0.15) is 6.04 Å². The van der Waals surface area contributed by atoms with Crippen molar-refractivity contribution in [2.45, 2.75) is 70.5 Å². The maximum absolute atomic E-state index is 13.7. The van der Waals surface area contributed by atoms with Gasteiger partial charge in [0, 0.05) is 13.0 Å². The topological polar surface area (TPSA) is 32.3 Å². The lowest BCUT2D eigenvalue weighted by atomic mass is 9.98. The van der Waals surface area contributed by atoms with E-state index >= 15 is 0 Å². The van der Waals surface area contributed by atoms with E-state index in [2.05, 4.69) is 18.4 Å². The van der Waals surface area contributed by atoms with Gasteiger partial charge in [-0.2, -0.15) is 13.2 Å². The van der Waals surface area contributed by atoms with Gasteiger partial charge in [0.05, 0.1) is 0 Å². The van der Waals surface area contributed by atoms with Crippen LogP contribution in [-0.2, 0) is 11.2 Å². The number of halogens is 3. The third-order valence-electron chi connectivity index (χ3n) is 5.53. The molecule has 1 heterocycles. The van der Waals surface area contributed by atoms with Crippen molar-refractivity contribution >= 4 is 16.7 Å². The van der Waals surface area contributed by atoms with Gasteiger partial charge in [0.2, 0.25) is 5.91 Å². The number of rotatable bonds is 9. The van der Waals surface area contributed by atoms with E-state index in [9.17, 15) is 18.0 Å². The first kappa shape index (κ1) is 21.6. The summed E-state index contributed by atoms with van der Waals surface area (Å²) in [6.07, 6.45) is 4.04. The summed E-state index contributed by atoms with van der Waals surface area (Å²) in [7, 11) is 0. The predicted octanol–water partition coefficient (Wildman–Crippen LogP) is 6.08. The molecule has 6 heteroatoms. The quantitative estimate of drug-likeness (QED) is 0.512. The standard InChI is InChI=1S/C23H29F3N2O/c1-2-3-4-5-6-7-8-17-9-10-19-16-20(12-11-18(19)15-17)22(23(24,25)26)28-14-13-21(29)27-28/h9-12,15-16,22H,2-8,13-14H2,1H3,(H,27,29). The first-order chi connectivity index (χ1) is 13.9. The number of nitrogens with zero attached hydrogens (tertiary/aromatic N) is 1. The molecule has 2 aromatic rings. The van der Waals surface area contributed by atoms with Gasteiger partial charge >= 0.3 is 6.18 Å². The van der Waals surface area contributed by atoms with E-state index in [-0.39, 0.29) is 24.4 Å². The molecule has 1 fully saturated rings. The summed E-state index contributed by atoms with van der Waals surface area (Å²) in [5.41, 5.74) is 3.70. The number of alkyl halides is 3. The number of hydrogen-bond acceptors (Lipinski definition) is 2. The van der Waals surface area contributed by atoms with E-state index in [1.807, 2.05) is 12.1 Å². The largest absolute Gasteiger partial charge is 0.409 e. The molecule has 2 aromatic carbocycles. The van der Waals surface area contributed by atoms with Crippen LogP contribution >= 0.6 is 0 Å². The van der Waals surface area contributed by atoms with Gasteiger partial charge < -0.3 is 0 Å². The Balaban J connectivity index is 1.71. The smallest absolute Gasteiger partial charge is 0.288 e. The summed E-state index contributed by atoms with van der Waals surface area (Å²) in [6.45, 7) is 2.26. The number of aryl methyl sites for hydroxylation is 1. The van der Waals surface area contributed by atoms with Gasteiger partial charge in [0.25, 0.3) is 0 Å². The number of fused-ring (bicyclic) bond motifs is 1. The van der Waals surface area contributed by atoms with Crippen molar-refractivity contribution in [2.24, 2.45) is 0 Å². The van der Waals surface area contributed by atoms with Gasteiger partial charge in [-0.15, -0.1) is 0 Å². The Morgan fingerprint density at radius 2 is 1.69 bits per heavy atom. The van der Waals surface area contributed by atoms with Crippen molar-refractivity contribution in [1.29, 1.82) is 0 Å². The number of carbonyl (C=O) groups excluding carboxylic acids is 1. The Morgan fingerprint density at radius 1 is 1.00 bits per heavy atom. The summed E-state index contributed by atoms with van der Waals surface area (Å²) >= 11 is 0. The molecule has 1 unspecified atom stereocenters. The van der Waals surface area contributed by atoms with Crippen LogP contribution in [0.1, 0.15) is 69.0 Å². The molecule has 0 radical (unpaired) electrons. The molecular weight excluding hydrogens is 377 g/mol. The Bertz CT molecular complexity index is 834. The fraction of sp³-hybridized carbons (Fsp3) is 0.522. The van der Waals surface area contributed by atoms with Gasteiger partial charge in [0.15, 0.2) is 0 Å². The fourth-order valence-corrected chi connectivity index (χ4v) is 3.98. The second kappa shape index (κ2) is 9.61. The molecule has 0 spiro atoms. The molecule has 1 amide bonds. The molecule has 3 nitrogen and oxygen atoms in total. The van der Waals surface area contributed by atoms with Crippen molar-refractivity contribution in [1.82, 2.24) is 10.4 Å². The monoisotopic (exact) mass is 406 g/mol. The first-order valence-electron chi connectivity index (χ1n) is 10.5. The summed E-state index contributed by atoms with van der Waals surface area (Å²) in [5, 5.41) is 2.73. The lowest BCUT2D eigenvalue weighted by molar-refractivity contribution is -0.191. The fourth-order valence-electron chi connectivity index (χ4n) is 3.98. The average Bonchev–Trinajstić information content (AvgIpc) is 3.09. The molecular formula is C23H29F3N2O. The van der Waals surface area contributed by atoms with Crippen LogP contribution in [0.2, 0.25) is 0 Å². The normalized spacial score (nSPS) is 16.3. The number of benzene rings is 2. The Morgan fingerprint density at radius 3 is 2.38 bits per heavy atom. The van der Waals surface area contributed by atoms with Crippen LogP contribution in [0.25, 0.3) is 10.8 Å². The lowest BCUT2D eigenvalue weighted by Gasteiger charge is -2.29. The molecule has 1 aliphatic rings. The van der Waals surface area contributed by atoms with Crippen molar-refractivity contribution in [3.8, 4) is 0 Å². The maximum atomic E-state index is 13.7. The van der Waals surface area contributed by atoms with Crippen LogP contribution in [0.3, 0.4) is 0 Å². The van der Waals surface area contributed by atoms with Gasteiger partial charge in [-0.25, -0.2) is 5.01 Å². The summed E-state index contributed by atoms with van der Waals surface area (Å²) in [5.74, 6) is -0.376. The van der Waals surface area contributed by atoms with E-state index in [0.717, 1.165) is 28.6 Å². The van der Waals surface area contributed by atoms with E-state index in [4.69, 9.17) is 0 Å². The zero-order chi connectivity index (χ0) is 20.9. The third-order valence-corrected chi connectivity index (χ3v) is 5.53. The Labute approximate surface area is 170 Å². The molecule has 3 rings (SSSR count). The molecule has 1 atom stereocenters. The van der Waals surface area contributed by atoms with E-state index < -0.39 is 12.2 Å². The van der Waals surface area contributed by atoms with E-state index in [1.54, 1.807) is 12.1 Å². The highest BCUT2D eigenvalue weighted by Crippen LogP contribution is 2.38. The second-order valence-corrected chi connectivity index (χ2v) is 7.88. The minimum absolute atomic E-state index is 0.0538. The second-order valence-electron chi connectivity index (χ2n) is 7.88. The minimum atomic E-state index is -4.47. The number of nitrogens with one attached hydrogen (secondary N) is 1. The molecule has 0 bridgehead atoms. The van der Waals surface area contributed by atoms with Gasteiger partial charge in [-0.05, 0) is 40.8 Å². The lowest BCUT2D eigenvalue weighted by Crippen LogP contribution is -2.43. The predicted molar refractivity (Wildman–Crippen MR) is 109 cm³/mol. The zero-order valence-corrected chi connectivity index (χ0v) is 16.9.